The van der Waals surface area contributed by atoms with Gasteiger partial charge in [0.2, 0.25) is 0 Å². The molecule has 2 unspecified atom stereocenters. The summed E-state index contributed by atoms with van der Waals surface area (Å²) in [6.07, 6.45) is 7.79. The summed E-state index contributed by atoms with van der Waals surface area (Å²) >= 11 is 0. The van der Waals surface area contributed by atoms with E-state index < -0.39 is 0 Å². The maximum atomic E-state index is 12.6. The first-order chi connectivity index (χ1) is 9.56. The number of hydrogen-bond donors (Lipinski definition) is 1. The zero-order valence-corrected chi connectivity index (χ0v) is 12.3. The van der Waals surface area contributed by atoms with E-state index >= 15 is 0 Å². The standard InChI is InChI=1S/C15H24N4O/c1-10(2)9-18-6-5-17-14(15(18)20)19-12-3-4-13(19)8-11(16)7-12/h5-6,10-13H,3-4,7-9,16H2,1-2H3. The van der Waals surface area contributed by atoms with Gasteiger partial charge in [0.15, 0.2) is 5.82 Å². The molecule has 0 aromatic carbocycles. The first kappa shape index (κ1) is 13.6. The quantitative estimate of drug-likeness (QED) is 0.905. The number of nitrogens with zero attached hydrogens (tertiary/aromatic N) is 3. The van der Waals surface area contributed by atoms with Crippen molar-refractivity contribution in [1.29, 1.82) is 0 Å². The van der Waals surface area contributed by atoms with E-state index in [0.29, 0.717) is 23.8 Å². The highest BCUT2D eigenvalue weighted by Gasteiger charge is 2.41. The summed E-state index contributed by atoms with van der Waals surface area (Å²) < 4.78 is 1.79. The Balaban J connectivity index is 1.93. The van der Waals surface area contributed by atoms with Gasteiger partial charge in [-0.25, -0.2) is 4.98 Å². The van der Waals surface area contributed by atoms with Crippen molar-refractivity contribution in [3.8, 4) is 0 Å². The van der Waals surface area contributed by atoms with Gasteiger partial charge in [0, 0.05) is 37.1 Å². The second-order valence-corrected chi connectivity index (χ2v) is 6.63. The molecule has 2 atom stereocenters. The molecule has 2 aliphatic rings. The van der Waals surface area contributed by atoms with Crippen LogP contribution in [0.15, 0.2) is 17.2 Å². The molecule has 2 aliphatic heterocycles. The van der Waals surface area contributed by atoms with Crippen LogP contribution in [0.5, 0.6) is 0 Å². The largest absolute Gasteiger partial charge is 0.346 e. The number of nitrogens with two attached hydrogens (primary N) is 1. The normalized spacial score (nSPS) is 29.2. The fraction of sp³-hybridized carbons (Fsp3) is 0.733. The first-order valence-electron chi connectivity index (χ1n) is 7.65. The fourth-order valence-corrected chi connectivity index (χ4v) is 3.71. The Kier molecular flexibility index (Phi) is 3.54. The number of fused-ring (bicyclic) bond motifs is 2. The summed E-state index contributed by atoms with van der Waals surface area (Å²) in [4.78, 5) is 19.3. The van der Waals surface area contributed by atoms with Crippen molar-refractivity contribution in [3.05, 3.63) is 22.7 Å². The lowest BCUT2D eigenvalue weighted by Gasteiger charge is -2.38. The van der Waals surface area contributed by atoms with E-state index in [4.69, 9.17) is 5.73 Å². The van der Waals surface area contributed by atoms with Gasteiger partial charge in [-0.1, -0.05) is 13.8 Å². The molecule has 1 aromatic heterocycles. The fourth-order valence-electron chi connectivity index (χ4n) is 3.71. The van der Waals surface area contributed by atoms with Crippen LogP contribution in [-0.4, -0.2) is 27.7 Å². The number of hydrogen-bond acceptors (Lipinski definition) is 4. The maximum absolute atomic E-state index is 12.6. The van der Waals surface area contributed by atoms with Crippen LogP contribution in [-0.2, 0) is 6.54 Å². The average Bonchev–Trinajstić information content (AvgIpc) is 2.64. The van der Waals surface area contributed by atoms with E-state index in [2.05, 4.69) is 23.7 Å². The second-order valence-electron chi connectivity index (χ2n) is 6.63. The predicted molar refractivity (Wildman–Crippen MR) is 79.8 cm³/mol. The first-order valence-corrected chi connectivity index (χ1v) is 7.65. The van der Waals surface area contributed by atoms with Gasteiger partial charge in [0.05, 0.1) is 0 Å². The molecular weight excluding hydrogens is 252 g/mol. The summed E-state index contributed by atoms with van der Waals surface area (Å²) in [5, 5.41) is 0. The highest BCUT2D eigenvalue weighted by Crippen LogP contribution is 2.36. The monoisotopic (exact) mass is 276 g/mol. The lowest BCUT2D eigenvalue weighted by molar-refractivity contribution is 0.408. The molecule has 2 fully saturated rings. The third kappa shape index (κ3) is 2.35. The number of aromatic nitrogens is 2. The van der Waals surface area contributed by atoms with Gasteiger partial charge in [-0.05, 0) is 31.6 Å². The Morgan fingerprint density at radius 2 is 2.00 bits per heavy atom. The molecule has 1 aromatic rings. The van der Waals surface area contributed by atoms with Crippen molar-refractivity contribution in [2.24, 2.45) is 11.7 Å². The van der Waals surface area contributed by atoms with E-state index in [0.717, 1.165) is 32.2 Å². The molecule has 2 N–H and O–H groups in total. The van der Waals surface area contributed by atoms with Crippen LogP contribution in [0.4, 0.5) is 5.82 Å². The predicted octanol–water partition coefficient (Wildman–Crippen LogP) is 1.36. The SMILES string of the molecule is CC(C)Cn1ccnc(N2C3CCC2CC(N)C3)c1=O. The highest BCUT2D eigenvalue weighted by atomic mass is 16.1. The molecule has 0 spiro atoms. The van der Waals surface area contributed by atoms with Crippen LogP contribution in [0.1, 0.15) is 39.5 Å². The molecule has 20 heavy (non-hydrogen) atoms. The summed E-state index contributed by atoms with van der Waals surface area (Å²) in [7, 11) is 0. The number of rotatable bonds is 3. The van der Waals surface area contributed by atoms with E-state index in [9.17, 15) is 4.79 Å². The van der Waals surface area contributed by atoms with Crippen LogP contribution < -0.4 is 16.2 Å². The highest BCUT2D eigenvalue weighted by molar-refractivity contribution is 5.42. The third-order valence-corrected chi connectivity index (χ3v) is 4.47. The Morgan fingerprint density at radius 1 is 1.35 bits per heavy atom. The molecule has 5 nitrogen and oxygen atoms in total. The summed E-state index contributed by atoms with van der Waals surface area (Å²) in [6, 6.07) is 1.09. The van der Waals surface area contributed by atoms with E-state index in [1.807, 2.05) is 0 Å². The van der Waals surface area contributed by atoms with Crippen LogP contribution in [0.25, 0.3) is 0 Å². The van der Waals surface area contributed by atoms with Crippen molar-refractivity contribution in [1.82, 2.24) is 9.55 Å². The van der Waals surface area contributed by atoms with Crippen molar-refractivity contribution < 1.29 is 0 Å². The smallest absolute Gasteiger partial charge is 0.293 e. The summed E-state index contributed by atoms with van der Waals surface area (Å²) in [6.45, 7) is 4.99. The molecule has 110 valence electrons. The molecule has 3 rings (SSSR count). The minimum atomic E-state index is 0.0496. The maximum Gasteiger partial charge on any atom is 0.293 e. The molecule has 0 radical (unpaired) electrons. The molecule has 5 heteroatoms. The Labute approximate surface area is 119 Å². The minimum Gasteiger partial charge on any atom is -0.346 e. The molecular formula is C15H24N4O. The van der Waals surface area contributed by atoms with Crippen LogP contribution in [0.2, 0.25) is 0 Å². The zero-order chi connectivity index (χ0) is 14.3. The van der Waals surface area contributed by atoms with Crippen molar-refractivity contribution in [2.75, 3.05) is 4.90 Å². The molecule has 0 amide bonds. The third-order valence-electron chi connectivity index (χ3n) is 4.47. The summed E-state index contributed by atoms with van der Waals surface area (Å²) in [5.74, 6) is 1.09. The second kappa shape index (κ2) is 5.20. The van der Waals surface area contributed by atoms with Gasteiger partial charge >= 0.3 is 0 Å². The van der Waals surface area contributed by atoms with Crippen molar-refractivity contribution in [3.63, 3.8) is 0 Å². The van der Waals surface area contributed by atoms with Crippen LogP contribution >= 0.6 is 0 Å². The molecule has 0 aliphatic carbocycles. The van der Waals surface area contributed by atoms with E-state index in [-0.39, 0.29) is 11.6 Å². The topological polar surface area (TPSA) is 64.2 Å². The molecule has 2 bridgehead atoms. The number of anilines is 1. The van der Waals surface area contributed by atoms with Crippen molar-refractivity contribution >= 4 is 5.82 Å². The number of piperidine rings is 1. The van der Waals surface area contributed by atoms with E-state index in [1.165, 1.54) is 0 Å². The van der Waals surface area contributed by atoms with Gasteiger partial charge in [0.25, 0.3) is 5.56 Å². The van der Waals surface area contributed by atoms with Gasteiger partial charge < -0.3 is 15.2 Å². The van der Waals surface area contributed by atoms with Gasteiger partial charge in [-0.15, -0.1) is 0 Å². The van der Waals surface area contributed by atoms with Crippen LogP contribution in [0, 0.1) is 5.92 Å². The van der Waals surface area contributed by atoms with Gasteiger partial charge in [0.1, 0.15) is 0 Å². The van der Waals surface area contributed by atoms with Gasteiger partial charge in [-0.3, -0.25) is 4.79 Å². The molecule has 2 saturated heterocycles. The van der Waals surface area contributed by atoms with Crippen molar-refractivity contribution in [2.45, 2.75) is 64.2 Å². The lowest BCUT2D eigenvalue weighted by atomic mass is 9.98. The van der Waals surface area contributed by atoms with Crippen LogP contribution in [0.3, 0.4) is 0 Å². The Morgan fingerprint density at radius 3 is 2.60 bits per heavy atom. The minimum absolute atomic E-state index is 0.0496. The Bertz CT molecular complexity index is 525. The lowest BCUT2D eigenvalue weighted by Crippen LogP contribution is -2.50. The Hall–Kier alpha value is -1.36. The summed E-state index contributed by atoms with van der Waals surface area (Å²) in [5.41, 5.74) is 6.15. The van der Waals surface area contributed by atoms with Gasteiger partial charge in [-0.2, -0.15) is 0 Å². The zero-order valence-electron chi connectivity index (χ0n) is 12.3. The average molecular weight is 276 g/mol. The molecule has 0 saturated carbocycles. The molecule has 3 heterocycles. The van der Waals surface area contributed by atoms with E-state index in [1.54, 1.807) is 17.0 Å².